The molecule has 0 aromatic heterocycles. The third kappa shape index (κ3) is 2.75. The van der Waals surface area contributed by atoms with E-state index in [2.05, 4.69) is 13.8 Å². The van der Waals surface area contributed by atoms with Gasteiger partial charge < -0.3 is 4.74 Å². The van der Waals surface area contributed by atoms with Gasteiger partial charge in [0.1, 0.15) is 5.75 Å². The molecule has 3 heteroatoms. The summed E-state index contributed by atoms with van der Waals surface area (Å²) in [6.07, 6.45) is 3.25. The molecule has 0 aliphatic heterocycles. The largest absolute Gasteiger partial charge is 0.495 e. The number of hydrogen-bond donors (Lipinski definition) is 0. The summed E-state index contributed by atoms with van der Waals surface area (Å²) < 4.78 is 5.21. The number of benzene rings is 1. The van der Waals surface area contributed by atoms with Crippen molar-refractivity contribution >= 4 is 23.0 Å². The van der Waals surface area contributed by atoms with Crippen LogP contribution in [0.25, 0.3) is 5.57 Å². The Bertz CT molecular complexity index is 515. The maximum absolute atomic E-state index is 11.8. The zero-order valence-corrected chi connectivity index (χ0v) is 11.7. The van der Waals surface area contributed by atoms with Crippen LogP contribution in [0.3, 0.4) is 0 Å². The fourth-order valence-electron chi connectivity index (χ4n) is 2.39. The molecule has 1 aromatic rings. The van der Waals surface area contributed by atoms with Gasteiger partial charge in [0.2, 0.25) is 0 Å². The smallest absolute Gasteiger partial charge is 0.156 e. The van der Waals surface area contributed by atoms with Crippen LogP contribution in [0.1, 0.15) is 32.3 Å². The lowest BCUT2D eigenvalue weighted by Crippen LogP contribution is -2.21. The second-order valence-corrected chi connectivity index (χ2v) is 5.91. The molecule has 2 rings (SSSR count). The van der Waals surface area contributed by atoms with Crippen LogP contribution >= 0.6 is 11.6 Å². The first-order valence-electron chi connectivity index (χ1n) is 5.99. The number of halogens is 1. The highest BCUT2D eigenvalue weighted by Gasteiger charge is 2.28. The topological polar surface area (TPSA) is 26.3 Å². The Hall–Kier alpha value is -1.28. The first kappa shape index (κ1) is 13.2. The molecule has 1 aliphatic carbocycles. The van der Waals surface area contributed by atoms with Gasteiger partial charge in [0.05, 0.1) is 12.1 Å². The van der Waals surface area contributed by atoms with Gasteiger partial charge in [-0.3, -0.25) is 4.79 Å². The fraction of sp³-hybridized carbons (Fsp3) is 0.400. The first-order valence-corrected chi connectivity index (χ1v) is 6.36. The molecule has 0 radical (unpaired) electrons. The van der Waals surface area contributed by atoms with Crippen molar-refractivity contribution in [2.24, 2.45) is 5.41 Å². The van der Waals surface area contributed by atoms with Crippen molar-refractivity contribution in [3.8, 4) is 5.75 Å². The molecule has 96 valence electrons. The lowest BCUT2D eigenvalue weighted by Gasteiger charge is -2.29. The molecule has 1 aliphatic rings. The van der Waals surface area contributed by atoms with E-state index in [1.165, 1.54) is 0 Å². The van der Waals surface area contributed by atoms with Crippen molar-refractivity contribution in [2.45, 2.75) is 26.7 Å². The standard InChI is InChI=1S/C15H17ClO2/c1-15(2)8-11(6-12(17)9-15)10-4-5-13(16)14(7-10)18-3/h4-7H,8-9H2,1-3H3. The highest BCUT2D eigenvalue weighted by molar-refractivity contribution is 6.32. The highest BCUT2D eigenvalue weighted by Crippen LogP contribution is 2.39. The Morgan fingerprint density at radius 3 is 2.61 bits per heavy atom. The summed E-state index contributed by atoms with van der Waals surface area (Å²) in [6.45, 7) is 4.23. The zero-order chi connectivity index (χ0) is 13.3. The molecule has 18 heavy (non-hydrogen) atoms. The van der Waals surface area contributed by atoms with Gasteiger partial charge in [-0.25, -0.2) is 0 Å². The zero-order valence-electron chi connectivity index (χ0n) is 10.9. The fourth-order valence-corrected chi connectivity index (χ4v) is 2.59. The van der Waals surface area contributed by atoms with Gasteiger partial charge in [0, 0.05) is 6.42 Å². The Labute approximate surface area is 113 Å². The average Bonchev–Trinajstić information content (AvgIpc) is 2.27. The van der Waals surface area contributed by atoms with E-state index in [1.54, 1.807) is 13.2 Å². The van der Waals surface area contributed by atoms with Crippen LogP contribution in [0.4, 0.5) is 0 Å². The molecule has 1 aromatic carbocycles. The molecule has 0 heterocycles. The van der Waals surface area contributed by atoms with E-state index < -0.39 is 0 Å². The Morgan fingerprint density at radius 2 is 2.00 bits per heavy atom. The predicted molar refractivity (Wildman–Crippen MR) is 74.0 cm³/mol. The van der Waals surface area contributed by atoms with Crippen LogP contribution < -0.4 is 4.74 Å². The van der Waals surface area contributed by atoms with Gasteiger partial charge in [0.15, 0.2) is 5.78 Å². The van der Waals surface area contributed by atoms with E-state index in [4.69, 9.17) is 16.3 Å². The molecule has 0 fully saturated rings. The first-order chi connectivity index (χ1) is 8.41. The average molecular weight is 265 g/mol. The molecular formula is C15H17ClO2. The maximum atomic E-state index is 11.8. The van der Waals surface area contributed by atoms with Gasteiger partial charge in [0.25, 0.3) is 0 Å². The number of ether oxygens (including phenoxy) is 1. The number of ketones is 1. The molecule has 0 amide bonds. The van der Waals surface area contributed by atoms with Gasteiger partial charge in [-0.1, -0.05) is 31.5 Å². The molecular weight excluding hydrogens is 248 g/mol. The summed E-state index contributed by atoms with van der Waals surface area (Å²) in [5, 5.41) is 0.586. The normalized spacial score (nSPS) is 18.4. The molecule has 0 unspecified atom stereocenters. The summed E-state index contributed by atoms with van der Waals surface area (Å²) in [5.74, 6) is 0.834. The van der Waals surface area contributed by atoms with Crippen LogP contribution in [-0.4, -0.2) is 12.9 Å². The monoisotopic (exact) mass is 264 g/mol. The lowest BCUT2D eigenvalue weighted by atomic mass is 9.75. The van der Waals surface area contributed by atoms with Crippen molar-refractivity contribution in [1.82, 2.24) is 0 Å². The second kappa shape index (κ2) is 4.77. The number of hydrogen-bond acceptors (Lipinski definition) is 2. The predicted octanol–water partition coefficient (Wildman–Crippen LogP) is 4.12. The molecule has 0 bridgehead atoms. The summed E-state index contributed by atoms with van der Waals surface area (Å²) in [5.41, 5.74) is 2.09. The molecule has 2 nitrogen and oxygen atoms in total. The number of rotatable bonds is 2. The Balaban J connectivity index is 2.40. The van der Waals surface area contributed by atoms with Gasteiger partial charge in [-0.15, -0.1) is 0 Å². The Morgan fingerprint density at radius 1 is 1.28 bits per heavy atom. The van der Waals surface area contributed by atoms with Crippen molar-refractivity contribution in [3.63, 3.8) is 0 Å². The summed E-state index contributed by atoms with van der Waals surface area (Å²) in [6, 6.07) is 5.64. The number of carbonyl (C=O) groups excluding carboxylic acids is 1. The van der Waals surface area contributed by atoms with Gasteiger partial charge in [-0.2, -0.15) is 0 Å². The third-order valence-electron chi connectivity index (χ3n) is 3.18. The van der Waals surface area contributed by atoms with Crippen molar-refractivity contribution in [2.75, 3.05) is 7.11 Å². The molecule has 0 N–H and O–H groups in total. The number of carbonyl (C=O) groups is 1. The van der Waals surface area contributed by atoms with Crippen LogP contribution in [-0.2, 0) is 4.79 Å². The van der Waals surface area contributed by atoms with E-state index >= 15 is 0 Å². The molecule has 0 saturated carbocycles. The van der Waals surface area contributed by atoms with Crippen LogP contribution in [0.15, 0.2) is 24.3 Å². The van der Waals surface area contributed by atoms with E-state index in [0.717, 1.165) is 17.6 Å². The van der Waals surface area contributed by atoms with Crippen LogP contribution in [0, 0.1) is 5.41 Å². The van der Waals surface area contributed by atoms with E-state index in [-0.39, 0.29) is 11.2 Å². The molecule has 0 atom stereocenters. The van der Waals surface area contributed by atoms with Crippen LogP contribution in [0.5, 0.6) is 5.75 Å². The lowest BCUT2D eigenvalue weighted by molar-refractivity contribution is -0.116. The maximum Gasteiger partial charge on any atom is 0.156 e. The minimum absolute atomic E-state index is 0.0219. The number of methoxy groups -OCH3 is 1. The van der Waals surface area contributed by atoms with Crippen molar-refractivity contribution in [3.05, 3.63) is 34.9 Å². The minimum atomic E-state index is 0.0219. The van der Waals surface area contributed by atoms with Crippen LogP contribution in [0.2, 0.25) is 5.02 Å². The van der Waals surface area contributed by atoms with E-state index in [0.29, 0.717) is 17.2 Å². The quantitative estimate of drug-likeness (QED) is 0.803. The van der Waals surface area contributed by atoms with Gasteiger partial charge in [-0.05, 0) is 41.2 Å². The van der Waals surface area contributed by atoms with Crippen molar-refractivity contribution in [1.29, 1.82) is 0 Å². The Kier molecular flexibility index (Phi) is 3.49. The molecule has 0 saturated heterocycles. The highest BCUT2D eigenvalue weighted by atomic mass is 35.5. The van der Waals surface area contributed by atoms with E-state index in [1.807, 2.05) is 18.2 Å². The summed E-state index contributed by atoms with van der Waals surface area (Å²) >= 11 is 6.01. The van der Waals surface area contributed by atoms with E-state index in [9.17, 15) is 4.79 Å². The third-order valence-corrected chi connectivity index (χ3v) is 3.49. The summed E-state index contributed by atoms with van der Waals surface area (Å²) in [7, 11) is 1.59. The van der Waals surface area contributed by atoms with Gasteiger partial charge >= 0.3 is 0 Å². The SMILES string of the molecule is COc1cc(C2=CC(=O)CC(C)(C)C2)ccc1Cl. The minimum Gasteiger partial charge on any atom is -0.495 e. The molecule has 0 spiro atoms. The number of allylic oxidation sites excluding steroid dienone is 2. The summed E-state index contributed by atoms with van der Waals surface area (Å²) in [4.78, 5) is 11.8. The second-order valence-electron chi connectivity index (χ2n) is 5.50. The van der Waals surface area contributed by atoms with Crippen molar-refractivity contribution < 1.29 is 9.53 Å².